The third-order valence-electron chi connectivity index (χ3n) is 11.2. The Hall–Kier alpha value is -4.83. The summed E-state index contributed by atoms with van der Waals surface area (Å²) in [6.07, 6.45) is 20.7. The molecule has 0 bridgehead atoms. The van der Waals surface area contributed by atoms with Crippen LogP contribution in [0.15, 0.2) is 12.5 Å². The summed E-state index contributed by atoms with van der Waals surface area (Å²) in [5, 5.41) is 33.8. The summed E-state index contributed by atoms with van der Waals surface area (Å²) in [4.78, 5) is 103. The molecule has 0 aliphatic carbocycles. The molecule has 70 heavy (non-hydrogen) atoms. The Morgan fingerprint density at radius 3 is 1.89 bits per heavy atom. The largest absolute Gasteiger partial charge is 0.480 e. The van der Waals surface area contributed by atoms with Gasteiger partial charge in [0.05, 0.1) is 56.9 Å². The number of aromatic nitrogens is 2. The minimum Gasteiger partial charge on any atom is -0.480 e. The van der Waals surface area contributed by atoms with Gasteiger partial charge in [-0.25, -0.2) is 9.78 Å². The monoisotopic (exact) mass is 996 g/mol. The first kappa shape index (κ1) is 65.2. The molecule has 1 aromatic rings. The second-order valence-electron chi connectivity index (χ2n) is 18.0. The minimum absolute atomic E-state index is 0.0197. The second-order valence-corrected chi connectivity index (χ2v) is 18.0. The molecular weight excluding hydrogens is 907 g/mol. The highest BCUT2D eigenvalue weighted by atomic mass is 16.5. The average Bonchev–Trinajstić information content (AvgIpc) is 3.83. The number of nitrogens with zero attached hydrogens (tertiary/aromatic N) is 1. The number of aliphatic carboxylic acids is 2. The van der Waals surface area contributed by atoms with Crippen molar-refractivity contribution in [3.05, 3.63) is 18.2 Å². The first-order chi connectivity index (χ1) is 33.4. The number of aromatic amines is 1. The zero-order valence-electron chi connectivity index (χ0n) is 42.9. The third-order valence-corrected chi connectivity index (χ3v) is 11.2. The van der Waals surface area contributed by atoms with Crippen LogP contribution in [-0.2, 0) is 54.3 Å². The fraction of sp³-hybridized carbons (Fsp3) is 0.776. The molecule has 0 spiro atoms. The molecule has 21 heteroatoms. The van der Waals surface area contributed by atoms with Crippen molar-refractivity contribution in [2.24, 2.45) is 5.73 Å². The number of amides is 4. The van der Waals surface area contributed by atoms with E-state index in [0.29, 0.717) is 44.5 Å². The SMILES string of the molecule is CCCCCCCCCCCCCCCC(=O)N[C@@H](CCC(=O)NCCOCCOCC(=O)NCCCC[C@H](NCC(=O)C(C)(C)NC(=O)[C@@H](N)Cc1cnc[nH]1)C(C)=O)C(=O)O.CCNCC(=O)O. The van der Waals surface area contributed by atoms with Crippen LogP contribution >= 0.6 is 0 Å². The molecule has 0 saturated carbocycles. The maximum Gasteiger partial charge on any atom is 0.326 e. The van der Waals surface area contributed by atoms with E-state index in [1.54, 1.807) is 20.0 Å². The van der Waals surface area contributed by atoms with Crippen LogP contribution in [0.1, 0.15) is 162 Å². The van der Waals surface area contributed by atoms with Gasteiger partial charge in [-0.2, -0.15) is 0 Å². The third kappa shape index (κ3) is 37.1. The van der Waals surface area contributed by atoms with Gasteiger partial charge < -0.3 is 62.3 Å². The van der Waals surface area contributed by atoms with E-state index in [-0.39, 0.29) is 101 Å². The van der Waals surface area contributed by atoms with Crippen LogP contribution in [0.4, 0.5) is 0 Å². The lowest BCUT2D eigenvalue weighted by Gasteiger charge is -2.27. The highest BCUT2D eigenvalue weighted by molar-refractivity contribution is 5.95. The fourth-order valence-electron chi connectivity index (χ4n) is 6.90. The molecule has 402 valence electrons. The molecular formula is C49H89N9O12. The Balaban J connectivity index is 0.00000628. The van der Waals surface area contributed by atoms with Crippen molar-refractivity contribution in [3.8, 4) is 0 Å². The van der Waals surface area contributed by atoms with Crippen molar-refractivity contribution >= 4 is 47.1 Å². The van der Waals surface area contributed by atoms with Gasteiger partial charge in [0.15, 0.2) is 5.78 Å². The van der Waals surface area contributed by atoms with E-state index >= 15 is 0 Å². The molecule has 1 heterocycles. The standard InChI is InChI=1S/C45H80N8O10.C4H9NO2/c1-5-6-7-8-9-10-11-12-13-14-15-16-17-21-41(57)52-38(44(60)61)22-23-40(56)49-25-26-62-27-28-63-32-42(58)48-24-19-18-20-37(34(2)54)50-31-39(55)45(3,4)53-43(59)36(46)29-35-30-47-33-51-35;1-2-5-3-4(6)7/h30,33,36-38,50H,5-29,31-32,46H2,1-4H3,(H,47,51)(H,48,58)(H,49,56)(H,52,57)(H,53,59)(H,60,61);5H,2-3H2,1H3,(H,6,7)/t36-,37-,38-;/m0./s1. The average molecular weight is 996 g/mol. The molecule has 21 nitrogen and oxygen atoms in total. The topological polar surface area (TPSA) is 322 Å². The first-order valence-corrected chi connectivity index (χ1v) is 25.4. The molecule has 1 aromatic heterocycles. The Labute approximate surface area is 415 Å². The molecule has 0 saturated heterocycles. The molecule has 0 aliphatic rings. The van der Waals surface area contributed by atoms with E-state index in [2.05, 4.69) is 48.8 Å². The molecule has 3 atom stereocenters. The predicted molar refractivity (Wildman–Crippen MR) is 267 cm³/mol. The van der Waals surface area contributed by atoms with Gasteiger partial charge in [-0.15, -0.1) is 0 Å². The number of carboxylic acid groups (broad SMARTS) is 2. The van der Waals surface area contributed by atoms with Crippen LogP contribution in [0.5, 0.6) is 0 Å². The number of hydrogen-bond donors (Lipinski definition) is 10. The highest BCUT2D eigenvalue weighted by Gasteiger charge is 2.31. The summed E-state index contributed by atoms with van der Waals surface area (Å²) in [6.45, 7) is 10.3. The normalized spacial score (nSPS) is 12.4. The minimum atomic E-state index is -1.21. The van der Waals surface area contributed by atoms with Crippen LogP contribution in [-0.4, -0.2) is 150 Å². The molecule has 0 radical (unpaired) electrons. The number of carbonyl (C=O) groups is 8. The Morgan fingerprint density at radius 2 is 1.33 bits per heavy atom. The number of ketones is 2. The number of imidazole rings is 1. The maximum absolute atomic E-state index is 12.9. The number of carboxylic acids is 2. The predicted octanol–water partition coefficient (Wildman–Crippen LogP) is 3.24. The van der Waals surface area contributed by atoms with Gasteiger partial charge >= 0.3 is 11.9 Å². The Morgan fingerprint density at radius 1 is 0.714 bits per heavy atom. The van der Waals surface area contributed by atoms with Crippen molar-refractivity contribution in [2.45, 2.75) is 187 Å². The molecule has 1 rings (SSSR count). The van der Waals surface area contributed by atoms with Gasteiger partial charge in [-0.3, -0.25) is 33.6 Å². The van der Waals surface area contributed by atoms with Gasteiger partial charge in [0.1, 0.15) is 18.4 Å². The second kappa shape index (κ2) is 41.9. The van der Waals surface area contributed by atoms with Crippen LogP contribution < -0.4 is 37.6 Å². The van der Waals surface area contributed by atoms with Crippen LogP contribution in [0.25, 0.3) is 0 Å². The summed E-state index contributed by atoms with van der Waals surface area (Å²) in [7, 11) is 0. The van der Waals surface area contributed by atoms with E-state index in [4.69, 9.17) is 20.3 Å². The van der Waals surface area contributed by atoms with Gasteiger partial charge in [0, 0.05) is 44.2 Å². The molecule has 0 unspecified atom stereocenters. The lowest BCUT2D eigenvalue weighted by molar-refractivity contribution is -0.142. The summed E-state index contributed by atoms with van der Waals surface area (Å²) in [5.74, 6) is -3.87. The first-order valence-electron chi connectivity index (χ1n) is 25.4. The van der Waals surface area contributed by atoms with E-state index in [1.165, 1.54) is 71.0 Å². The van der Waals surface area contributed by atoms with Crippen molar-refractivity contribution in [2.75, 3.05) is 59.2 Å². The lowest BCUT2D eigenvalue weighted by atomic mass is 9.97. The molecule has 0 aromatic carbocycles. The lowest BCUT2D eigenvalue weighted by Crippen LogP contribution is -2.57. The van der Waals surface area contributed by atoms with E-state index in [9.17, 15) is 43.5 Å². The number of H-pyrrole nitrogens is 1. The number of carbonyl (C=O) groups excluding carboxylic acids is 6. The van der Waals surface area contributed by atoms with Gasteiger partial charge in [-0.1, -0.05) is 90.9 Å². The number of Topliss-reactive ketones (excluding diaryl/α,β-unsaturated/α-hetero) is 2. The summed E-state index contributed by atoms with van der Waals surface area (Å²) in [6, 6.07) is -2.57. The number of ether oxygens (including phenoxy) is 2. The Bertz CT molecular complexity index is 1610. The van der Waals surface area contributed by atoms with E-state index < -0.39 is 41.5 Å². The zero-order chi connectivity index (χ0) is 52.4. The summed E-state index contributed by atoms with van der Waals surface area (Å²) < 4.78 is 10.8. The van der Waals surface area contributed by atoms with Crippen LogP contribution in [0, 0.1) is 0 Å². The van der Waals surface area contributed by atoms with E-state index in [0.717, 1.165) is 19.3 Å². The van der Waals surface area contributed by atoms with Gasteiger partial charge in [0.2, 0.25) is 23.6 Å². The van der Waals surface area contributed by atoms with Crippen LogP contribution in [0.2, 0.25) is 0 Å². The number of nitrogens with one attached hydrogen (secondary N) is 7. The molecule has 4 amide bonds. The maximum atomic E-state index is 12.9. The smallest absolute Gasteiger partial charge is 0.326 e. The Kier molecular flexibility index (Phi) is 39.0. The van der Waals surface area contributed by atoms with Crippen molar-refractivity contribution in [3.63, 3.8) is 0 Å². The quantitative estimate of drug-likeness (QED) is 0.0420. The summed E-state index contributed by atoms with van der Waals surface area (Å²) in [5.41, 5.74) is 5.48. The van der Waals surface area contributed by atoms with Gasteiger partial charge in [-0.05, 0) is 59.4 Å². The van der Waals surface area contributed by atoms with Crippen molar-refractivity contribution in [1.82, 2.24) is 41.9 Å². The molecule has 0 aliphatic heterocycles. The fourth-order valence-corrected chi connectivity index (χ4v) is 6.90. The van der Waals surface area contributed by atoms with Crippen LogP contribution in [0.3, 0.4) is 0 Å². The summed E-state index contributed by atoms with van der Waals surface area (Å²) >= 11 is 0. The number of likely N-dealkylation sites (N-methyl/N-ethyl adjacent to an activating group) is 1. The zero-order valence-corrected chi connectivity index (χ0v) is 42.9. The highest BCUT2D eigenvalue weighted by Crippen LogP contribution is 2.13. The van der Waals surface area contributed by atoms with Crippen molar-refractivity contribution in [1.29, 1.82) is 0 Å². The van der Waals surface area contributed by atoms with E-state index in [1.807, 2.05) is 6.92 Å². The molecule has 11 N–H and O–H groups in total. The number of rotatable bonds is 44. The number of unbranched alkanes of at least 4 members (excludes halogenated alkanes) is 13. The number of hydrogen-bond acceptors (Lipinski definition) is 14. The van der Waals surface area contributed by atoms with Gasteiger partial charge in [0.25, 0.3) is 0 Å². The number of nitrogens with two attached hydrogens (primary N) is 1. The van der Waals surface area contributed by atoms with Crippen molar-refractivity contribution < 1.29 is 58.0 Å². The molecule has 0 fully saturated rings.